The molecule has 5 nitrogen and oxygen atoms in total. The first-order valence-corrected chi connectivity index (χ1v) is 6.15. The molecule has 1 heterocycles. The van der Waals surface area contributed by atoms with Crippen molar-refractivity contribution in [1.82, 2.24) is 4.90 Å². The van der Waals surface area contributed by atoms with E-state index >= 15 is 0 Å². The number of amides is 1. The average molecular weight is 263 g/mol. The second-order valence-corrected chi connectivity index (χ2v) is 5.17. The second-order valence-electron chi connectivity index (χ2n) is 5.17. The lowest BCUT2D eigenvalue weighted by molar-refractivity contribution is -0.0371. The highest BCUT2D eigenvalue weighted by molar-refractivity contribution is 6.05. The minimum absolute atomic E-state index is 0.0368. The minimum Gasteiger partial charge on any atom is -0.478 e. The van der Waals surface area contributed by atoms with Gasteiger partial charge in [-0.3, -0.25) is 4.79 Å². The molecule has 1 aliphatic rings. The number of rotatable bonds is 2. The molecule has 0 aromatic heterocycles. The Labute approximate surface area is 111 Å². The number of carbonyl (C=O) groups excluding carboxylic acids is 1. The van der Waals surface area contributed by atoms with E-state index in [0.717, 1.165) is 0 Å². The minimum atomic E-state index is -1.09. The Morgan fingerprint density at radius 3 is 2.47 bits per heavy atom. The number of carbonyl (C=O) groups is 2. The molecule has 0 aliphatic carbocycles. The van der Waals surface area contributed by atoms with Crippen LogP contribution < -0.4 is 0 Å². The monoisotopic (exact) mass is 263 g/mol. The third-order valence-electron chi connectivity index (χ3n) is 3.28. The lowest BCUT2D eigenvalue weighted by atomic mass is 9.99. The van der Waals surface area contributed by atoms with Gasteiger partial charge in [0.1, 0.15) is 0 Å². The molecule has 0 radical (unpaired) electrons. The van der Waals surface area contributed by atoms with E-state index in [2.05, 4.69) is 0 Å². The van der Waals surface area contributed by atoms with E-state index < -0.39 is 11.5 Å². The van der Waals surface area contributed by atoms with Crippen molar-refractivity contribution in [3.8, 4) is 0 Å². The van der Waals surface area contributed by atoms with Crippen LogP contribution in [0.4, 0.5) is 0 Å². The number of benzene rings is 1. The fourth-order valence-corrected chi connectivity index (χ4v) is 2.24. The quantitative estimate of drug-likeness (QED) is 0.880. The van der Waals surface area contributed by atoms with Crippen molar-refractivity contribution >= 4 is 11.9 Å². The maximum atomic E-state index is 12.5. The van der Waals surface area contributed by atoms with Crippen molar-refractivity contribution in [1.29, 1.82) is 0 Å². The number of morpholine rings is 1. The van der Waals surface area contributed by atoms with Crippen molar-refractivity contribution < 1.29 is 19.4 Å². The van der Waals surface area contributed by atoms with Crippen LogP contribution in [0, 0.1) is 0 Å². The number of nitrogens with zero attached hydrogens (tertiary/aromatic N) is 1. The Bertz CT molecular complexity index is 510. The Morgan fingerprint density at radius 1 is 1.26 bits per heavy atom. The van der Waals surface area contributed by atoms with Crippen molar-refractivity contribution in [2.45, 2.75) is 19.4 Å². The molecule has 1 aromatic carbocycles. The maximum absolute atomic E-state index is 12.5. The predicted octanol–water partition coefficient (Wildman–Crippen LogP) is 1.64. The summed E-state index contributed by atoms with van der Waals surface area (Å²) in [5.74, 6) is -1.35. The Balaban J connectivity index is 2.36. The zero-order valence-corrected chi connectivity index (χ0v) is 11.0. The van der Waals surface area contributed by atoms with Gasteiger partial charge in [-0.1, -0.05) is 12.1 Å². The lowest BCUT2D eigenvalue weighted by Gasteiger charge is -2.42. The summed E-state index contributed by atoms with van der Waals surface area (Å²) in [4.78, 5) is 25.4. The average Bonchev–Trinajstić information content (AvgIpc) is 2.37. The number of carboxylic acids is 1. The van der Waals surface area contributed by atoms with E-state index in [0.29, 0.717) is 19.8 Å². The van der Waals surface area contributed by atoms with E-state index in [1.165, 1.54) is 6.07 Å². The van der Waals surface area contributed by atoms with E-state index in [1.54, 1.807) is 23.1 Å². The van der Waals surface area contributed by atoms with Crippen molar-refractivity contribution in [3.63, 3.8) is 0 Å². The molecule has 0 atom stereocenters. The zero-order chi connectivity index (χ0) is 14.0. The van der Waals surface area contributed by atoms with Gasteiger partial charge in [0.25, 0.3) is 5.91 Å². The highest BCUT2D eigenvalue weighted by Crippen LogP contribution is 2.23. The molecule has 1 fully saturated rings. The molecule has 2 rings (SSSR count). The molecule has 0 bridgehead atoms. The summed E-state index contributed by atoms with van der Waals surface area (Å²) < 4.78 is 5.37. The standard InChI is InChI=1S/C14H17NO4/c1-14(2)9-19-8-7-15(14)12(16)10-5-3-4-6-11(10)13(17)18/h3-6H,7-9H2,1-2H3,(H,17,18). The summed E-state index contributed by atoms with van der Waals surface area (Å²) >= 11 is 0. The number of hydrogen-bond acceptors (Lipinski definition) is 3. The first-order valence-electron chi connectivity index (χ1n) is 6.15. The molecule has 19 heavy (non-hydrogen) atoms. The van der Waals surface area contributed by atoms with Gasteiger partial charge >= 0.3 is 5.97 Å². The Morgan fingerprint density at radius 2 is 1.89 bits per heavy atom. The van der Waals surface area contributed by atoms with Gasteiger partial charge in [-0.15, -0.1) is 0 Å². The largest absolute Gasteiger partial charge is 0.478 e. The molecule has 5 heteroatoms. The SMILES string of the molecule is CC1(C)COCCN1C(=O)c1ccccc1C(=O)O. The van der Waals surface area contributed by atoms with Crippen molar-refractivity contribution in [2.75, 3.05) is 19.8 Å². The van der Waals surface area contributed by atoms with Crippen molar-refractivity contribution in [3.05, 3.63) is 35.4 Å². The molecule has 1 aromatic rings. The fraction of sp³-hybridized carbons (Fsp3) is 0.429. The Hall–Kier alpha value is -1.88. The van der Waals surface area contributed by atoms with Crippen LogP contribution in [0.15, 0.2) is 24.3 Å². The van der Waals surface area contributed by atoms with Crippen LogP contribution in [0.5, 0.6) is 0 Å². The van der Waals surface area contributed by atoms with Crippen LogP contribution in [0.3, 0.4) is 0 Å². The van der Waals surface area contributed by atoms with Crippen LogP contribution in [-0.4, -0.2) is 47.2 Å². The van der Waals surface area contributed by atoms with Gasteiger partial charge < -0.3 is 14.7 Å². The first kappa shape index (κ1) is 13.5. The van der Waals surface area contributed by atoms with Crippen LogP contribution in [0.25, 0.3) is 0 Å². The lowest BCUT2D eigenvalue weighted by Crippen LogP contribution is -2.55. The number of hydrogen-bond donors (Lipinski definition) is 1. The highest BCUT2D eigenvalue weighted by atomic mass is 16.5. The summed E-state index contributed by atoms with van der Waals surface area (Å²) in [6, 6.07) is 6.29. The van der Waals surface area contributed by atoms with E-state index in [-0.39, 0.29) is 17.0 Å². The molecule has 0 spiro atoms. The van der Waals surface area contributed by atoms with E-state index in [1.807, 2.05) is 13.8 Å². The first-order chi connectivity index (χ1) is 8.93. The van der Waals surface area contributed by atoms with Crippen molar-refractivity contribution in [2.24, 2.45) is 0 Å². The van der Waals surface area contributed by atoms with Gasteiger partial charge in [0.05, 0.1) is 29.9 Å². The molecule has 0 saturated carbocycles. The number of carboxylic acid groups (broad SMARTS) is 1. The summed E-state index contributed by atoms with van der Waals surface area (Å²) in [6.07, 6.45) is 0. The second kappa shape index (κ2) is 5.01. The molecule has 1 amide bonds. The topological polar surface area (TPSA) is 66.8 Å². The molecule has 1 saturated heterocycles. The van der Waals surface area contributed by atoms with Crippen LogP contribution in [0.1, 0.15) is 34.6 Å². The molecular formula is C14H17NO4. The van der Waals surface area contributed by atoms with E-state index in [4.69, 9.17) is 9.84 Å². The fourth-order valence-electron chi connectivity index (χ4n) is 2.24. The predicted molar refractivity (Wildman–Crippen MR) is 69.3 cm³/mol. The molecular weight excluding hydrogens is 246 g/mol. The molecule has 102 valence electrons. The van der Waals surface area contributed by atoms with Gasteiger partial charge in [0.15, 0.2) is 0 Å². The maximum Gasteiger partial charge on any atom is 0.336 e. The van der Waals surface area contributed by atoms with Gasteiger partial charge in [0.2, 0.25) is 0 Å². The Kier molecular flexibility index (Phi) is 3.57. The molecule has 0 unspecified atom stereocenters. The summed E-state index contributed by atoms with van der Waals surface area (Å²) in [7, 11) is 0. The molecule has 1 N–H and O–H groups in total. The van der Waals surface area contributed by atoms with Gasteiger partial charge in [-0.25, -0.2) is 4.79 Å². The van der Waals surface area contributed by atoms with Gasteiger partial charge in [0, 0.05) is 6.54 Å². The summed E-state index contributed by atoms with van der Waals surface area (Å²) in [5.41, 5.74) is -0.166. The van der Waals surface area contributed by atoms with Crippen LogP contribution in [0.2, 0.25) is 0 Å². The number of aromatic carboxylic acids is 1. The van der Waals surface area contributed by atoms with Crippen LogP contribution >= 0.6 is 0 Å². The highest BCUT2D eigenvalue weighted by Gasteiger charge is 2.35. The third-order valence-corrected chi connectivity index (χ3v) is 3.28. The van der Waals surface area contributed by atoms with Gasteiger partial charge in [-0.05, 0) is 26.0 Å². The smallest absolute Gasteiger partial charge is 0.336 e. The molecule has 1 aliphatic heterocycles. The van der Waals surface area contributed by atoms with E-state index in [9.17, 15) is 9.59 Å². The third kappa shape index (κ3) is 2.61. The van der Waals surface area contributed by atoms with Gasteiger partial charge in [-0.2, -0.15) is 0 Å². The summed E-state index contributed by atoms with van der Waals surface area (Å²) in [5, 5.41) is 9.15. The summed E-state index contributed by atoms with van der Waals surface area (Å²) in [6.45, 7) is 5.22. The number of ether oxygens (including phenoxy) is 1. The normalized spacial score (nSPS) is 18.1. The van der Waals surface area contributed by atoms with Crippen LogP contribution in [-0.2, 0) is 4.74 Å². The zero-order valence-electron chi connectivity index (χ0n) is 11.0.